The van der Waals surface area contributed by atoms with E-state index in [1.165, 1.54) is 18.9 Å². The quantitative estimate of drug-likeness (QED) is 0.131. The van der Waals surface area contributed by atoms with Crippen LogP contribution in [-0.4, -0.2) is 55.3 Å². The highest BCUT2D eigenvalue weighted by Crippen LogP contribution is 2.37. The zero-order chi connectivity index (χ0) is 27.4. The molecule has 2 aromatic carbocycles. The molecule has 1 saturated heterocycles. The fourth-order valence-corrected chi connectivity index (χ4v) is 6.78. The Kier molecular flexibility index (Phi) is 7.82. The Balaban J connectivity index is 1.29. The molecule has 1 aliphatic rings. The van der Waals surface area contributed by atoms with Gasteiger partial charge in [0.05, 0.1) is 10.5 Å². The van der Waals surface area contributed by atoms with E-state index in [0.717, 1.165) is 54.4 Å². The molecule has 204 valence electrons. The summed E-state index contributed by atoms with van der Waals surface area (Å²) in [6.45, 7) is 3.44. The predicted molar refractivity (Wildman–Crippen MR) is 149 cm³/mol. The van der Waals surface area contributed by atoms with Crippen LogP contribution in [0.25, 0.3) is 10.9 Å². The number of nitrogens with one attached hydrogen (secondary N) is 3. The molecule has 1 fully saturated rings. The molecule has 0 spiro atoms. The molecule has 11 nitrogen and oxygen atoms in total. The van der Waals surface area contributed by atoms with Gasteiger partial charge >= 0.3 is 5.69 Å². The number of hydrogen-bond donors (Lipinski definition) is 3. The maximum Gasteiger partial charge on any atom is 0.304 e. The Hall–Kier alpha value is -3.94. The Morgan fingerprint density at radius 2 is 1.92 bits per heavy atom. The van der Waals surface area contributed by atoms with Gasteiger partial charge in [0.15, 0.2) is 5.00 Å². The zero-order valence-corrected chi connectivity index (χ0v) is 22.5. The van der Waals surface area contributed by atoms with Crippen LogP contribution >= 0.6 is 11.3 Å². The summed E-state index contributed by atoms with van der Waals surface area (Å²) in [5.74, 6) is -0.276. The number of sulfonamides is 1. The number of ether oxygens (including phenoxy) is 1. The van der Waals surface area contributed by atoms with Crippen molar-refractivity contribution in [2.24, 2.45) is 0 Å². The molecule has 5 rings (SSSR count). The average Bonchev–Trinajstić information content (AvgIpc) is 3.67. The molecule has 1 aliphatic heterocycles. The lowest BCUT2D eigenvalue weighted by atomic mass is 10.2. The number of H-pyrrole nitrogens is 1. The summed E-state index contributed by atoms with van der Waals surface area (Å²) in [6.07, 6.45) is 4.92. The van der Waals surface area contributed by atoms with Crippen LogP contribution in [-0.2, 0) is 10.0 Å². The van der Waals surface area contributed by atoms with Crippen LogP contribution < -0.4 is 14.8 Å². The third-order valence-electron chi connectivity index (χ3n) is 6.40. The summed E-state index contributed by atoms with van der Waals surface area (Å²) in [7, 11) is -4.39. The maximum absolute atomic E-state index is 13.1. The highest BCUT2D eigenvalue weighted by Gasteiger charge is 2.28. The van der Waals surface area contributed by atoms with E-state index in [0.29, 0.717) is 12.3 Å². The van der Waals surface area contributed by atoms with Crippen molar-refractivity contribution >= 4 is 48.9 Å². The molecule has 0 aliphatic carbocycles. The molecule has 0 saturated carbocycles. The number of amides is 1. The van der Waals surface area contributed by atoms with Crippen LogP contribution in [0.2, 0.25) is 0 Å². The molecule has 4 aromatic rings. The van der Waals surface area contributed by atoms with Crippen LogP contribution in [0.1, 0.15) is 29.6 Å². The highest BCUT2D eigenvalue weighted by molar-refractivity contribution is 7.92. The molecule has 0 radical (unpaired) electrons. The second-order valence-electron chi connectivity index (χ2n) is 9.13. The molecule has 13 heteroatoms. The Bertz CT molecular complexity index is 1610. The number of aromatic amines is 1. The van der Waals surface area contributed by atoms with Gasteiger partial charge in [-0.1, -0.05) is 23.5 Å². The van der Waals surface area contributed by atoms with E-state index in [9.17, 15) is 23.3 Å². The van der Waals surface area contributed by atoms with Gasteiger partial charge in [0.2, 0.25) is 0 Å². The number of carbonyl (C=O) groups excluding carboxylic acids is 1. The minimum atomic E-state index is -4.39. The predicted octanol–water partition coefficient (Wildman–Crippen LogP) is 4.95. The fraction of sp³-hybridized carbons (Fsp3) is 0.269. The number of likely N-dealkylation sites (tertiary alicyclic amines) is 1. The van der Waals surface area contributed by atoms with Gasteiger partial charge in [-0.05, 0) is 75.3 Å². The smallest absolute Gasteiger partial charge is 0.304 e. The van der Waals surface area contributed by atoms with Crippen molar-refractivity contribution in [3.8, 4) is 11.5 Å². The number of thiophene rings is 1. The SMILES string of the molecule is O=C(NS(=O)(=O)c1cc([N+](=O)[O-])c(NCCCN2CCCC2)s1)c1ccccc1Oc1ccc2[nH]ccc2c1. The van der Waals surface area contributed by atoms with Gasteiger partial charge in [0, 0.05) is 29.7 Å². The van der Waals surface area contributed by atoms with Crippen LogP contribution in [0.3, 0.4) is 0 Å². The van der Waals surface area contributed by atoms with Gasteiger partial charge in [-0.3, -0.25) is 14.9 Å². The summed E-state index contributed by atoms with van der Waals surface area (Å²) in [6, 6.07) is 14.5. The zero-order valence-electron chi connectivity index (χ0n) is 20.9. The molecule has 0 unspecified atom stereocenters. The lowest BCUT2D eigenvalue weighted by Gasteiger charge is -2.14. The Morgan fingerprint density at radius 1 is 1.13 bits per heavy atom. The maximum atomic E-state index is 13.1. The molecule has 39 heavy (non-hydrogen) atoms. The van der Waals surface area contributed by atoms with Gasteiger partial charge in [0.1, 0.15) is 15.7 Å². The lowest BCUT2D eigenvalue weighted by Crippen LogP contribution is -2.30. The molecule has 2 aromatic heterocycles. The van der Waals surface area contributed by atoms with E-state index in [1.807, 2.05) is 16.9 Å². The van der Waals surface area contributed by atoms with Crippen LogP contribution in [0.5, 0.6) is 11.5 Å². The summed E-state index contributed by atoms with van der Waals surface area (Å²) in [4.78, 5) is 29.4. The Labute approximate surface area is 229 Å². The van der Waals surface area contributed by atoms with Crippen molar-refractivity contribution in [3.63, 3.8) is 0 Å². The van der Waals surface area contributed by atoms with E-state index in [-0.39, 0.29) is 26.2 Å². The number of anilines is 1. The number of carbonyl (C=O) groups is 1. The largest absolute Gasteiger partial charge is 0.457 e. The minimum absolute atomic E-state index is 0.00144. The van der Waals surface area contributed by atoms with Crippen LogP contribution in [0, 0.1) is 10.1 Å². The average molecular weight is 570 g/mol. The van der Waals surface area contributed by atoms with E-state index in [1.54, 1.807) is 36.5 Å². The van der Waals surface area contributed by atoms with Crippen molar-refractivity contribution < 1.29 is 22.9 Å². The lowest BCUT2D eigenvalue weighted by molar-refractivity contribution is -0.383. The highest BCUT2D eigenvalue weighted by atomic mass is 32.2. The second-order valence-corrected chi connectivity index (χ2v) is 12.1. The van der Waals surface area contributed by atoms with Gasteiger partial charge in [-0.25, -0.2) is 13.1 Å². The summed E-state index contributed by atoms with van der Waals surface area (Å²) in [5, 5.41) is 15.6. The van der Waals surface area contributed by atoms with Crippen molar-refractivity contribution in [1.82, 2.24) is 14.6 Å². The second kappa shape index (κ2) is 11.4. The number of hydrogen-bond acceptors (Lipinski definition) is 9. The summed E-state index contributed by atoms with van der Waals surface area (Å²) < 4.78 is 33.7. The first kappa shape index (κ1) is 26.7. The monoisotopic (exact) mass is 569 g/mol. The van der Waals surface area contributed by atoms with Crippen molar-refractivity contribution in [2.75, 3.05) is 31.5 Å². The van der Waals surface area contributed by atoms with E-state index >= 15 is 0 Å². The van der Waals surface area contributed by atoms with Crippen LogP contribution in [0.15, 0.2) is 65.0 Å². The normalized spacial score (nSPS) is 13.9. The number of rotatable bonds is 11. The molecular weight excluding hydrogens is 542 g/mol. The van der Waals surface area contributed by atoms with E-state index in [2.05, 4.69) is 15.2 Å². The minimum Gasteiger partial charge on any atom is -0.457 e. The molecule has 1 amide bonds. The van der Waals surface area contributed by atoms with E-state index < -0.39 is 20.9 Å². The summed E-state index contributed by atoms with van der Waals surface area (Å²) >= 11 is 0.720. The van der Waals surface area contributed by atoms with Gasteiger partial charge in [-0.2, -0.15) is 0 Å². The summed E-state index contributed by atoms with van der Waals surface area (Å²) in [5.41, 5.74) is 0.574. The van der Waals surface area contributed by atoms with Crippen molar-refractivity contribution in [1.29, 1.82) is 0 Å². The van der Waals surface area contributed by atoms with Crippen molar-refractivity contribution in [3.05, 3.63) is 76.5 Å². The van der Waals surface area contributed by atoms with Crippen molar-refractivity contribution in [2.45, 2.75) is 23.5 Å². The van der Waals surface area contributed by atoms with Gasteiger partial charge in [0.25, 0.3) is 15.9 Å². The van der Waals surface area contributed by atoms with Gasteiger partial charge < -0.3 is 19.9 Å². The first-order valence-corrected chi connectivity index (χ1v) is 14.8. The molecular formula is C26H27N5O6S2. The number of fused-ring (bicyclic) bond motifs is 1. The molecule has 0 atom stereocenters. The fourth-order valence-electron chi connectivity index (χ4n) is 4.46. The number of benzene rings is 2. The van der Waals surface area contributed by atoms with Gasteiger partial charge in [-0.15, -0.1) is 0 Å². The molecule has 3 heterocycles. The van der Waals surface area contributed by atoms with E-state index in [4.69, 9.17) is 4.74 Å². The number of para-hydroxylation sites is 1. The van der Waals surface area contributed by atoms with Crippen LogP contribution in [0.4, 0.5) is 10.7 Å². The number of nitro groups is 1. The first-order valence-electron chi connectivity index (χ1n) is 12.5. The first-order chi connectivity index (χ1) is 18.8. The topological polar surface area (TPSA) is 147 Å². The molecule has 0 bridgehead atoms. The third-order valence-corrected chi connectivity index (χ3v) is 9.28. The number of nitrogens with zero attached hydrogens (tertiary/aromatic N) is 2. The third kappa shape index (κ3) is 6.21. The Morgan fingerprint density at radius 3 is 2.72 bits per heavy atom. The number of aromatic nitrogens is 1. The molecule has 3 N–H and O–H groups in total. The standard InChI is InChI=1S/C26H27N5O6S2/c32-25(20-6-1-2-7-23(20)37-19-8-9-21-18(16-19)10-12-27-21)29-39(35,36)24-17-22(31(33)34)26(38-24)28-11-5-15-30-13-3-4-14-30/h1-2,6-10,12,16-17,27-28H,3-5,11,13-15H2,(H,29,32).